The molecule has 6 heteroatoms. The molecule has 0 saturated carbocycles. The van der Waals surface area contributed by atoms with Gasteiger partial charge in [-0.1, -0.05) is 66.2 Å². The second-order valence-corrected chi connectivity index (χ2v) is 9.30. The van der Waals surface area contributed by atoms with Gasteiger partial charge in [-0.2, -0.15) is 5.26 Å². The number of carbonyl (C=O) groups is 1. The molecule has 0 aromatic heterocycles. The van der Waals surface area contributed by atoms with Gasteiger partial charge in [0.15, 0.2) is 0 Å². The van der Waals surface area contributed by atoms with Crippen molar-refractivity contribution in [1.29, 1.82) is 5.26 Å². The van der Waals surface area contributed by atoms with E-state index in [9.17, 15) is 10.1 Å². The van der Waals surface area contributed by atoms with Crippen molar-refractivity contribution in [3.8, 4) is 11.8 Å². The maximum atomic E-state index is 12.7. The van der Waals surface area contributed by atoms with Crippen LogP contribution in [-0.2, 0) is 11.4 Å². The normalized spacial score (nSPS) is 11.2. The number of fused-ring (bicyclic) bond motifs is 1. The first-order valence-electron chi connectivity index (χ1n) is 10.5. The lowest BCUT2D eigenvalue weighted by Crippen LogP contribution is -2.14. The van der Waals surface area contributed by atoms with Crippen LogP contribution < -0.4 is 10.1 Å². The van der Waals surface area contributed by atoms with Gasteiger partial charge in [-0.05, 0) is 87.3 Å². The number of rotatable bonds is 6. The summed E-state index contributed by atoms with van der Waals surface area (Å²) in [6.07, 6.45) is 1.56. The standard InChI is InChI=1S/C28H20ClIN2O2/c1-18-9-11-23(29)15-26(18)32-28(33)22(16-31)13-19-10-12-27(25(30)14-19)34-17-21-7-4-6-20-5-2-3-8-24(20)21/h2-15H,17H2,1H3,(H,32,33)/b22-13+. The van der Waals surface area contributed by atoms with Crippen LogP contribution in [0.5, 0.6) is 5.75 Å². The minimum Gasteiger partial charge on any atom is -0.488 e. The van der Waals surface area contributed by atoms with Crippen molar-refractivity contribution in [3.05, 3.63) is 110 Å². The minimum absolute atomic E-state index is 0.000371. The lowest BCUT2D eigenvalue weighted by molar-refractivity contribution is -0.112. The van der Waals surface area contributed by atoms with Gasteiger partial charge in [0.2, 0.25) is 0 Å². The Morgan fingerprint density at radius 3 is 2.68 bits per heavy atom. The molecular weight excluding hydrogens is 559 g/mol. The number of ether oxygens (including phenoxy) is 1. The van der Waals surface area contributed by atoms with Crippen LogP contribution in [0.4, 0.5) is 5.69 Å². The van der Waals surface area contributed by atoms with E-state index in [2.05, 4.69) is 52.2 Å². The lowest BCUT2D eigenvalue weighted by atomic mass is 10.1. The summed E-state index contributed by atoms with van der Waals surface area (Å²) in [6.45, 7) is 2.30. The summed E-state index contributed by atoms with van der Waals surface area (Å²) in [4.78, 5) is 12.7. The molecule has 0 heterocycles. The molecule has 0 spiro atoms. The predicted octanol–water partition coefficient (Wildman–Crippen LogP) is 7.53. The van der Waals surface area contributed by atoms with Crippen LogP contribution in [0.2, 0.25) is 5.02 Å². The van der Waals surface area contributed by atoms with E-state index >= 15 is 0 Å². The van der Waals surface area contributed by atoms with Gasteiger partial charge in [-0.3, -0.25) is 4.79 Å². The van der Waals surface area contributed by atoms with Gasteiger partial charge in [-0.25, -0.2) is 0 Å². The number of halogens is 2. The topological polar surface area (TPSA) is 62.1 Å². The highest BCUT2D eigenvalue weighted by Gasteiger charge is 2.12. The third-order valence-corrected chi connectivity index (χ3v) is 6.42. The summed E-state index contributed by atoms with van der Waals surface area (Å²) >= 11 is 8.22. The van der Waals surface area contributed by atoms with Crippen LogP contribution in [0, 0.1) is 21.8 Å². The maximum absolute atomic E-state index is 12.7. The highest BCUT2D eigenvalue weighted by molar-refractivity contribution is 14.1. The summed E-state index contributed by atoms with van der Waals surface area (Å²) in [6, 6.07) is 27.2. The fourth-order valence-electron chi connectivity index (χ4n) is 3.53. The maximum Gasteiger partial charge on any atom is 0.266 e. The molecule has 4 rings (SSSR count). The number of benzene rings is 4. The second kappa shape index (κ2) is 10.7. The van der Waals surface area contributed by atoms with Crippen LogP contribution in [0.25, 0.3) is 16.8 Å². The summed E-state index contributed by atoms with van der Waals surface area (Å²) in [5.74, 6) is 0.252. The van der Waals surface area contributed by atoms with Crippen LogP contribution in [0.15, 0.2) is 84.4 Å². The molecule has 0 aliphatic heterocycles. The SMILES string of the molecule is Cc1ccc(Cl)cc1NC(=O)/C(C#N)=C/c1ccc(OCc2cccc3ccccc23)c(I)c1. The zero-order valence-corrected chi connectivity index (χ0v) is 21.2. The summed E-state index contributed by atoms with van der Waals surface area (Å²) in [5, 5.41) is 15.2. The summed E-state index contributed by atoms with van der Waals surface area (Å²) in [7, 11) is 0. The second-order valence-electron chi connectivity index (χ2n) is 7.70. The van der Waals surface area contributed by atoms with E-state index in [1.807, 2.05) is 55.5 Å². The average molecular weight is 579 g/mol. The number of anilines is 1. The smallest absolute Gasteiger partial charge is 0.266 e. The van der Waals surface area contributed by atoms with Crippen molar-refractivity contribution < 1.29 is 9.53 Å². The Morgan fingerprint density at radius 1 is 1.09 bits per heavy atom. The molecule has 168 valence electrons. The molecule has 0 aliphatic rings. The monoisotopic (exact) mass is 578 g/mol. The van der Waals surface area contributed by atoms with Crippen LogP contribution in [-0.4, -0.2) is 5.91 Å². The molecule has 0 saturated heterocycles. The molecule has 0 aliphatic carbocycles. The number of nitriles is 1. The zero-order chi connectivity index (χ0) is 24.1. The summed E-state index contributed by atoms with van der Waals surface area (Å²) < 4.78 is 6.97. The quantitative estimate of drug-likeness (QED) is 0.146. The fourth-order valence-corrected chi connectivity index (χ4v) is 4.40. The highest BCUT2D eigenvalue weighted by Crippen LogP contribution is 2.26. The van der Waals surface area contributed by atoms with Gasteiger partial charge in [0, 0.05) is 10.7 Å². The highest BCUT2D eigenvalue weighted by atomic mass is 127. The first kappa shape index (κ1) is 23.8. The Kier molecular flexibility index (Phi) is 7.51. The van der Waals surface area contributed by atoms with E-state index in [0.29, 0.717) is 17.3 Å². The Morgan fingerprint density at radius 2 is 1.88 bits per heavy atom. The van der Waals surface area contributed by atoms with E-state index in [-0.39, 0.29) is 5.57 Å². The van der Waals surface area contributed by atoms with Crippen LogP contribution >= 0.6 is 34.2 Å². The molecular formula is C28H20ClIN2O2. The van der Waals surface area contributed by atoms with Crippen molar-refractivity contribution >= 4 is 62.6 Å². The molecule has 1 amide bonds. The summed E-state index contributed by atoms with van der Waals surface area (Å²) in [5.41, 5.74) is 3.27. The molecule has 4 aromatic carbocycles. The third kappa shape index (κ3) is 5.58. The zero-order valence-electron chi connectivity index (χ0n) is 18.3. The van der Waals surface area contributed by atoms with E-state index < -0.39 is 5.91 Å². The van der Waals surface area contributed by atoms with Gasteiger partial charge < -0.3 is 10.1 Å². The molecule has 0 atom stereocenters. The van der Waals surface area contributed by atoms with Gasteiger partial charge in [0.25, 0.3) is 5.91 Å². The Bertz CT molecular complexity index is 1450. The van der Waals surface area contributed by atoms with Crippen molar-refractivity contribution in [1.82, 2.24) is 0 Å². The van der Waals surface area contributed by atoms with Gasteiger partial charge in [0.1, 0.15) is 24.0 Å². The molecule has 0 radical (unpaired) electrons. The first-order chi connectivity index (χ1) is 16.4. The number of hydrogen-bond donors (Lipinski definition) is 1. The third-order valence-electron chi connectivity index (χ3n) is 5.34. The minimum atomic E-state index is -0.487. The number of nitrogens with zero attached hydrogens (tertiary/aromatic N) is 1. The fraction of sp³-hybridized carbons (Fsp3) is 0.0714. The Labute approximate surface area is 217 Å². The Hall–Kier alpha value is -3.34. The van der Waals surface area contributed by atoms with E-state index in [0.717, 1.165) is 26.0 Å². The van der Waals surface area contributed by atoms with Gasteiger partial charge in [-0.15, -0.1) is 0 Å². The molecule has 0 fully saturated rings. The van der Waals surface area contributed by atoms with Crippen molar-refractivity contribution in [3.63, 3.8) is 0 Å². The van der Waals surface area contributed by atoms with Crippen molar-refractivity contribution in [2.45, 2.75) is 13.5 Å². The Balaban J connectivity index is 1.49. The molecule has 0 bridgehead atoms. The average Bonchev–Trinajstić information content (AvgIpc) is 2.84. The first-order valence-corrected chi connectivity index (χ1v) is 12.0. The van der Waals surface area contributed by atoms with E-state index in [1.165, 1.54) is 10.8 Å². The van der Waals surface area contributed by atoms with E-state index in [1.54, 1.807) is 18.2 Å². The lowest BCUT2D eigenvalue weighted by Gasteiger charge is -2.11. The van der Waals surface area contributed by atoms with E-state index in [4.69, 9.17) is 16.3 Å². The van der Waals surface area contributed by atoms with Crippen LogP contribution in [0.1, 0.15) is 16.7 Å². The van der Waals surface area contributed by atoms with Crippen molar-refractivity contribution in [2.75, 3.05) is 5.32 Å². The number of carbonyl (C=O) groups excluding carboxylic acids is 1. The number of nitrogens with one attached hydrogen (secondary N) is 1. The molecule has 4 aromatic rings. The van der Waals surface area contributed by atoms with Crippen molar-refractivity contribution in [2.24, 2.45) is 0 Å². The number of amides is 1. The largest absolute Gasteiger partial charge is 0.488 e. The number of hydrogen-bond acceptors (Lipinski definition) is 3. The number of aryl methyl sites for hydroxylation is 1. The molecule has 1 N–H and O–H groups in total. The van der Waals surface area contributed by atoms with Gasteiger partial charge in [0.05, 0.1) is 3.57 Å². The van der Waals surface area contributed by atoms with Gasteiger partial charge >= 0.3 is 0 Å². The molecule has 4 nitrogen and oxygen atoms in total. The molecule has 0 unspecified atom stereocenters. The van der Waals surface area contributed by atoms with Crippen LogP contribution in [0.3, 0.4) is 0 Å². The molecule has 34 heavy (non-hydrogen) atoms. The predicted molar refractivity (Wildman–Crippen MR) is 146 cm³/mol.